The molecule has 2 fully saturated rings. The smallest absolute Gasteiger partial charge is 0.446 e. The van der Waals surface area contributed by atoms with Gasteiger partial charge in [0.05, 0.1) is 0 Å². The van der Waals surface area contributed by atoms with Crippen molar-refractivity contribution in [2.24, 2.45) is 11.8 Å². The number of anilines is 1. The van der Waals surface area contributed by atoms with E-state index in [2.05, 4.69) is 21.6 Å². The number of hydrogen-bond donors (Lipinski definition) is 1. The number of rotatable bonds is 4. The molecule has 28 heavy (non-hydrogen) atoms. The normalized spacial score (nSPS) is 25.0. The fraction of sp³-hybridized carbons (Fsp3) is 0.471. The molecule has 148 valence electrons. The van der Waals surface area contributed by atoms with Gasteiger partial charge >= 0.3 is 6.18 Å². The Kier molecular flexibility index (Phi) is 4.49. The molecule has 0 amide bonds. The van der Waals surface area contributed by atoms with Crippen LogP contribution in [-0.4, -0.2) is 44.8 Å². The lowest BCUT2D eigenvalue weighted by Gasteiger charge is -2.35. The Morgan fingerprint density at radius 2 is 2.04 bits per heavy atom. The van der Waals surface area contributed by atoms with Crippen molar-refractivity contribution >= 4 is 11.6 Å². The van der Waals surface area contributed by atoms with Crippen molar-refractivity contribution in [1.82, 2.24) is 19.5 Å². The number of pyridine rings is 1. The molecule has 1 aliphatic heterocycles. The van der Waals surface area contributed by atoms with Crippen molar-refractivity contribution in [3.05, 3.63) is 30.4 Å². The molecule has 1 N–H and O–H groups in total. The van der Waals surface area contributed by atoms with E-state index in [0.29, 0.717) is 30.9 Å². The maximum atomic E-state index is 13.0. The lowest BCUT2D eigenvalue weighted by atomic mass is 9.92. The van der Waals surface area contributed by atoms with Crippen molar-refractivity contribution in [3.63, 3.8) is 0 Å². The lowest BCUT2D eigenvalue weighted by Crippen LogP contribution is -2.46. The number of alkyl halides is 3. The highest BCUT2D eigenvalue weighted by Gasteiger charge is 2.42. The van der Waals surface area contributed by atoms with Crippen LogP contribution in [0.3, 0.4) is 0 Å². The third kappa shape index (κ3) is 3.42. The van der Waals surface area contributed by atoms with Gasteiger partial charge in [-0.25, -0.2) is 4.52 Å². The maximum absolute atomic E-state index is 13.0. The third-order valence-electron chi connectivity index (χ3n) is 5.16. The molecule has 1 aliphatic carbocycles. The van der Waals surface area contributed by atoms with Crippen LogP contribution >= 0.6 is 0 Å². The van der Waals surface area contributed by atoms with Crippen LogP contribution in [0.15, 0.2) is 30.4 Å². The van der Waals surface area contributed by atoms with E-state index in [4.69, 9.17) is 10.00 Å². The number of halogens is 4. The average Bonchev–Trinajstić information content (AvgIpc) is 3.16. The summed E-state index contributed by atoms with van der Waals surface area (Å²) in [5.41, 5.74) is 0.165. The third-order valence-corrected chi connectivity index (χ3v) is 5.16. The summed E-state index contributed by atoms with van der Waals surface area (Å²) in [5.74, 6) is -1.49. The van der Waals surface area contributed by atoms with Crippen LogP contribution in [0.5, 0.6) is 5.75 Å². The van der Waals surface area contributed by atoms with Gasteiger partial charge in [0.2, 0.25) is 11.8 Å². The first-order valence-corrected chi connectivity index (χ1v) is 8.71. The first-order valence-electron chi connectivity index (χ1n) is 8.71. The average molecular weight is 396 g/mol. The van der Waals surface area contributed by atoms with E-state index in [-0.39, 0.29) is 23.7 Å². The summed E-state index contributed by atoms with van der Waals surface area (Å²) in [5, 5.41) is 16.7. The molecule has 1 saturated heterocycles. The Balaban J connectivity index is 1.54. The van der Waals surface area contributed by atoms with Gasteiger partial charge in [-0.15, -0.1) is 5.10 Å². The van der Waals surface area contributed by atoms with Gasteiger partial charge in [-0.05, 0) is 36.8 Å². The molecule has 2 atom stereocenters. The van der Waals surface area contributed by atoms with Gasteiger partial charge in [0.25, 0.3) is 0 Å². The summed E-state index contributed by atoms with van der Waals surface area (Å²) in [7, 11) is 0. The van der Waals surface area contributed by atoms with Crippen LogP contribution in [0.1, 0.15) is 12.8 Å². The van der Waals surface area contributed by atoms with Crippen molar-refractivity contribution in [1.29, 1.82) is 5.26 Å². The summed E-state index contributed by atoms with van der Waals surface area (Å²) in [6.07, 6.45) is 0.664. The van der Waals surface area contributed by atoms with Crippen LogP contribution in [0.2, 0.25) is 0 Å². The number of allylic oxidation sites excluding steroid dienone is 1. The number of nitrogens with one attached hydrogen (secondary N) is 1. The highest BCUT2D eigenvalue weighted by atomic mass is 19.4. The molecular formula is C17H16F4N6O. The Bertz CT molecular complexity index is 935. The highest BCUT2D eigenvalue weighted by molar-refractivity contribution is 5.56. The number of hydrogen-bond acceptors (Lipinski definition) is 6. The molecule has 0 unspecified atom stereocenters. The van der Waals surface area contributed by atoms with Gasteiger partial charge in [0.15, 0.2) is 17.6 Å². The first-order chi connectivity index (χ1) is 13.3. The van der Waals surface area contributed by atoms with Gasteiger partial charge < -0.3 is 15.0 Å². The van der Waals surface area contributed by atoms with E-state index in [1.165, 1.54) is 16.6 Å². The highest BCUT2D eigenvalue weighted by Crippen LogP contribution is 2.38. The van der Waals surface area contributed by atoms with E-state index in [9.17, 15) is 17.6 Å². The number of likely N-dealkylation sites (tertiary alicyclic amines) is 1. The number of fused-ring (bicyclic) bond motifs is 3. The number of ether oxygens (including phenoxy) is 1. The van der Waals surface area contributed by atoms with Gasteiger partial charge in [0, 0.05) is 25.3 Å². The Morgan fingerprint density at radius 3 is 2.68 bits per heavy atom. The molecule has 1 saturated carbocycles. The number of piperidine rings is 1. The van der Waals surface area contributed by atoms with Crippen molar-refractivity contribution in [2.45, 2.75) is 25.1 Å². The molecule has 4 rings (SSSR count). The van der Waals surface area contributed by atoms with Crippen molar-refractivity contribution in [2.75, 3.05) is 18.4 Å². The topological polar surface area (TPSA) is 78.5 Å². The molecule has 0 aromatic carbocycles. The molecule has 0 spiro atoms. The molecule has 2 bridgehead atoms. The second-order valence-electron chi connectivity index (χ2n) is 6.93. The monoisotopic (exact) mass is 396 g/mol. The number of nitrogens with zero attached hydrogens (tertiary/aromatic N) is 5. The van der Waals surface area contributed by atoms with Crippen LogP contribution < -0.4 is 10.1 Å². The molecule has 2 aromatic rings. The minimum atomic E-state index is -5.11. The fourth-order valence-corrected chi connectivity index (χ4v) is 3.91. The summed E-state index contributed by atoms with van der Waals surface area (Å²) in [4.78, 5) is 6.04. The van der Waals surface area contributed by atoms with Gasteiger partial charge in [-0.3, -0.25) is 0 Å². The minimum Gasteiger partial charge on any atom is -0.458 e. The van der Waals surface area contributed by atoms with Crippen molar-refractivity contribution < 1.29 is 22.3 Å². The Hall–Kier alpha value is -3.03. The second-order valence-corrected chi connectivity index (χ2v) is 6.93. The van der Waals surface area contributed by atoms with Gasteiger partial charge in [0.1, 0.15) is 6.26 Å². The second kappa shape index (κ2) is 6.85. The molecular weight excluding hydrogens is 380 g/mol. The fourth-order valence-electron chi connectivity index (χ4n) is 3.91. The van der Waals surface area contributed by atoms with Crippen LogP contribution in [0.25, 0.3) is 5.65 Å². The van der Waals surface area contributed by atoms with E-state index >= 15 is 0 Å². The van der Waals surface area contributed by atoms with Crippen LogP contribution in [0, 0.1) is 23.3 Å². The quantitative estimate of drug-likeness (QED) is 0.486. The van der Waals surface area contributed by atoms with Gasteiger partial charge in [-0.1, -0.05) is 0 Å². The standard InChI is InChI=1S/C17H16F4N6O/c18-13(17(19,20)21)8-28-12-2-1-5-27-15(12)24-16(25-27)23-14-10-3-4-11(14)7-26(6-10)9-22/h1-2,5,8,10-11,14H,3-4,6-7H2,(H,23,25)/b13-8-/t10-,11-/m1/s1. The molecule has 2 aliphatic rings. The molecule has 2 aromatic heterocycles. The molecule has 0 radical (unpaired) electrons. The van der Waals surface area contributed by atoms with E-state index in [1.54, 1.807) is 11.1 Å². The maximum Gasteiger partial charge on any atom is 0.446 e. The summed E-state index contributed by atoms with van der Waals surface area (Å²) < 4.78 is 56.0. The molecule has 7 nitrogen and oxygen atoms in total. The summed E-state index contributed by atoms with van der Waals surface area (Å²) in [6, 6.07) is 3.01. The van der Waals surface area contributed by atoms with Gasteiger partial charge in [-0.2, -0.15) is 27.8 Å². The first kappa shape index (κ1) is 18.3. The van der Waals surface area contributed by atoms with E-state index in [1.807, 2.05) is 0 Å². The SMILES string of the molecule is N#CN1C[C@H]2CC[C@H](C1)C2Nc1nc2c(O/C=C(\F)C(F)(F)F)cccn2n1. The lowest BCUT2D eigenvalue weighted by molar-refractivity contribution is -0.110. The predicted octanol–water partition coefficient (Wildman–Crippen LogP) is 3.08. The molecule has 3 heterocycles. The summed E-state index contributed by atoms with van der Waals surface area (Å²) in [6.45, 7) is 1.35. The number of aromatic nitrogens is 3. The van der Waals surface area contributed by atoms with E-state index in [0.717, 1.165) is 12.8 Å². The number of nitriles is 1. The zero-order valence-electron chi connectivity index (χ0n) is 14.5. The minimum absolute atomic E-state index is 0.00888. The van der Waals surface area contributed by atoms with Crippen LogP contribution in [0.4, 0.5) is 23.5 Å². The van der Waals surface area contributed by atoms with Crippen molar-refractivity contribution in [3.8, 4) is 11.9 Å². The zero-order chi connectivity index (χ0) is 19.9. The van der Waals surface area contributed by atoms with E-state index < -0.39 is 12.0 Å². The molecule has 11 heteroatoms. The zero-order valence-corrected chi connectivity index (χ0v) is 14.5. The Morgan fingerprint density at radius 1 is 1.32 bits per heavy atom. The Labute approximate surface area is 157 Å². The summed E-state index contributed by atoms with van der Waals surface area (Å²) >= 11 is 0. The largest absolute Gasteiger partial charge is 0.458 e. The predicted molar refractivity (Wildman–Crippen MR) is 89.7 cm³/mol. The van der Waals surface area contributed by atoms with Crippen LogP contribution in [-0.2, 0) is 0 Å².